The number of hydrazine groups is 1. The Bertz CT molecular complexity index is 766. The molecular formula is C16H16F3N3O3. The third-order valence-electron chi connectivity index (χ3n) is 3.25. The molecule has 1 aromatic heterocycles. The Hall–Kier alpha value is -2.81. The summed E-state index contributed by atoms with van der Waals surface area (Å²) >= 11 is 0. The summed E-state index contributed by atoms with van der Waals surface area (Å²) in [5.74, 6) is -0.303. The number of pyridine rings is 1. The first-order chi connectivity index (χ1) is 11.7. The standard InChI is InChI=1S/C16H16F3N3O3/c1-20-22(2)15(23)13-8-12(24-3)9-14(21-13)25-11-6-4-5-10(7-11)16(17,18)19/h4-9,20H,1-3H3. The molecule has 0 unspecified atom stereocenters. The van der Waals surface area contributed by atoms with Crippen LogP contribution in [-0.4, -0.2) is 37.1 Å². The van der Waals surface area contributed by atoms with E-state index in [2.05, 4.69) is 10.4 Å². The van der Waals surface area contributed by atoms with Gasteiger partial charge in [0.25, 0.3) is 5.91 Å². The predicted molar refractivity (Wildman–Crippen MR) is 83.5 cm³/mol. The lowest BCUT2D eigenvalue weighted by Crippen LogP contribution is -2.37. The molecule has 1 aromatic carbocycles. The number of halogens is 3. The summed E-state index contributed by atoms with van der Waals surface area (Å²) in [6.45, 7) is 0. The molecule has 0 fully saturated rings. The van der Waals surface area contributed by atoms with Crippen molar-refractivity contribution in [1.82, 2.24) is 15.4 Å². The van der Waals surface area contributed by atoms with Gasteiger partial charge in [-0.2, -0.15) is 13.2 Å². The van der Waals surface area contributed by atoms with Crippen LogP contribution in [0.4, 0.5) is 13.2 Å². The largest absolute Gasteiger partial charge is 0.496 e. The molecule has 134 valence electrons. The van der Waals surface area contributed by atoms with Gasteiger partial charge in [0.05, 0.1) is 12.7 Å². The number of methoxy groups -OCH3 is 1. The van der Waals surface area contributed by atoms with E-state index in [1.54, 1.807) is 7.05 Å². The van der Waals surface area contributed by atoms with E-state index in [0.29, 0.717) is 0 Å². The third-order valence-corrected chi connectivity index (χ3v) is 3.25. The summed E-state index contributed by atoms with van der Waals surface area (Å²) in [5, 5.41) is 1.19. The monoisotopic (exact) mass is 355 g/mol. The topological polar surface area (TPSA) is 63.7 Å². The maximum atomic E-state index is 12.8. The van der Waals surface area contributed by atoms with Gasteiger partial charge in [-0.25, -0.2) is 10.4 Å². The van der Waals surface area contributed by atoms with Gasteiger partial charge in [0, 0.05) is 26.2 Å². The van der Waals surface area contributed by atoms with Crippen molar-refractivity contribution in [1.29, 1.82) is 0 Å². The zero-order valence-electron chi connectivity index (χ0n) is 13.7. The Morgan fingerprint density at radius 1 is 1.20 bits per heavy atom. The molecule has 1 amide bonds. The smallest absolute Gasteiger partial charge is 0.416 e. The van der Waals surface area contributed by atoms with Crippen molar-refractivity contribution in [2.45, 2.75) is 6.18 Å². The first-order valence-electron chi connectivity index (χ1n) is 7.11. The van der Waals surface area contributed by atoms with Crippen LogP contribution in [0.1, 0.15) is 16.1 Å². The first-order valence-corrected chi connectivity index (χ1v) is 7.11. The lowest BCUT2D eigenvalue weighted by atomic mass is 10.2. The number of rotatable bonds is 5. The van der Waals surface area contributed by atoms with Gasteiger partial charge in [-0.3, -0.25) is 9.80 Å². The quantitative estimate of drug-likeness (QED) is 0.835. The number of amides is 1. The molecule has 0 bridgehead atoms. The highest BCUT2D eigenvalue weighted by molar-refractivity contribution is 5.92. The molecular weight excluding hydrogens is 339 g/mol. The molecule has 6 nitrogen and oxygen atoms in total. The van der Waals surface area contributed by atoms with E-state index in [9.17, 15) is 18.0 Å². The molecule has 1 N–H and O–H groups in total. The summed E-state index contributed by atoms with van der Waals surface area (Å²) < 4.78 is 48.8. The second kappa shape index (κ2) is 7.39. The van der Waals surface area contributed by atoms with Gasteiger partial charge >= 0.3 is 6.18 Å². The van der Waals surface area contributed by atoms with Gasteiger partial charge in [0.15, 0.2) is 0 Å². The van der Waals surface area contributed by atoms with Crippen molar-refractivity contribution >= 4 is 5.91 Å². The second-order valence-corrected chi connectivity index (χ2v) is 4.95. The van der Waals surface area contributed by atoms with E-state index in [1.165, 1.54) is 43.4 Å². The number of carbonyl (C=O) groups is 1. The zero-order valence-corrected chi connectivity index (χ0v) is 13.7. The normalized spacial score (nSPS) is 11.1. The van der Waals surface area contributed by atoms with Gasteiger partial charge < -0.3 is 9.47 Å². The minimum Gasteiger partial charge on any atom is -0.496 e. The van der Waals surface area contributed by atoms with Gasteiger partial charge in [-0.15, -0.1) is 0 Å². The van der Waals surface area contributed by atoms with Crippen LogP contribution in [0.2, 0.25) is 0 Å². The fraction of sp³-hybridized carbons (Fsp3) is 0.250. The molecule has 0 saturated heterocycles. The highest BCUT2D eigenvalue weighted by atomic mass is 19.4. The van der Waals surface area contributed by atoms with Crippen molar-refractivity contribution in [2.24, 2.45) is 0 Å². The van der Waals surface area contributed by atoms with E-state index >= 15 is 0 Å². The number of nitrogens with zero attached hydrogens (tertiary/aromatic N) is 2. The minimum atomic E-state index is -4.49. The lowest BCUT2D eigenvalue weighted by Gasteiger charge is -2.16. The zero-order chi connectivity index (χ0) is 18.6. The van der Waals surface area contributed by atoms with Crippen LogP contribution in [0, 0.1) is 0 Å². The number of ether oxygens (including phenoxy) is 2. The van der Waals surface area contributed by atoms with E-state index in [0.717, 1.165) is 12.1 Å². The number of aromatic nitrogens is 1. The van der Waals surface area contributed by atoms with E-state index < -0.39 is 17.6 Å². The Morgan fingerprint density at radius 3 is 2.52 bits per heavy atom. The van der Waals surface area contributed by atoms with Crippen molar-refractivity contribution in [3.05, 3.63) is 47.7 Å². The van der Waals surface area contributed by atoms with Crippen LogP contribution in [0.5, 0.6) is 17.4 Å². The molecule has 25 heavy (non-hydrogen) atoms. The van der Waals surface area contributed by atoms with Gasteiger partial charge in [-0.05, 0) is 18.2 Å². The second-order valence-electron chi connectivity index (χ2n) is 4.95. The fourth-order valence-corrected chi connectivity index (χ4v) is 1.89. The number of nitrogens with one attached hydrogen (secondary N) is 1. The van der Waals surface area contributed by atoms with Crippen molar-refractivity contribution < 1.29 is 27.4 Å². The van der Waals surface area contributed by atoms with Gasteiger partial charge in [0.1, 0.15) is 17.2 Å². The number of hydrogen-bond donors (Lipinski definition) is 1. The highest BCUT2D eigenvalue weighted by Crippen LogP contribution is 2.33. The molecule has 0 saturated carbocycles. The Kier molecular flexibility index (Phi) is 5.48. The van der Waals surface area contributed by atoms with Crippen molar-refractivity contribution in [2.75, 3.05) is 21.2 Å². The van der Waals surface area contributed by atoms with Gasteiger partial charge in [-0.1, -0.05) is 6.07 Å². The summed E-state index contributed by atoms with van der Waals surface area (Å²) in [4.78, 5) is 16.2. The SMILES string of the molecule is CNN(C)C(=O)c1cc(OC)cc(Oc2cccc(C(F)(F)F)c2)n1. The van der Waals surface area contributed by atoms with Crippen LogP contribution < -0.4 is 14.9 Å². The molecule has 0 spiro atoms. The number of carbonyl (C=O) groups excluding carboxylic acids is 1. The first kappa shape index (κ1) is 18.5. The average Bonchev–Trinajstić information content (AvgIpc) is 2.59. The molecule has 2 rings (SSSR count). The van der Waals surface area contributed by atoms with Crippen molar-refractivity contribution in [3.63, 3.8) is 0 Å². The Balaban J connectivity index is 2.35. The maximum absolute atomic E-state index is 12.8. The van der Waals surface area contributed by atoms with Crippen LogP contribution in [-0.2, 0) is 6.18 Å². The number of hydrogen-bond acceptors (Lipinski definition) is 5. The molecule has 0 atom stereocenters. The van der Waals surface area contributed by atoms with E-state index in [-0.39, 0.29) is 23.1 Å². The molecule has 0 aliphatic heterocycles. The summed E-state index contributed by atoms with van der Waals surface area (Å²) in [5.41, 5.74) is 1.80. The molecule has 0 radical (unpaired) electrons. The molecule has 0 aliphatic carbocycles. The summed E-state index contributed by atoms with van der Waals surface area (Å²) in [7, 11) is 4.44. The third kappa shape index (κ3) is 4.60. The average molecular weight is 355 g/mol. The van der Waals surface area contributed by atoms with Gasteiger partial charge in [0.2, 0.25) is 5.88 Å². The fourth-order valence-electron chi connectivity index (χ4n) is 1.89. The highest BCUT2D eigenvalue weighted by Gasteiger charge is 2.30. The molecule has 0 aliphatic rings. The van der Waals surface area contributed by atoms with Crippen molar-refractivity contribution in [3.8, 4) is 17.4 Å². The number of alkyl halides is 3. The van der Waals surface area contributed by atoms with Crippen LogP contribution >= 0.6 is 0 Å². The van der Waals surface area contributed by atoms with Crippen LogP contribution in [0.25, 0.3) is 0 Å². The number of benzene rings is 1. The summed E-state index contributed by atoms with van der Waals surface area (Å²) in [6.07, 6.45) is -4.49. The predicted octanol–water partition coefficient (Wildman–Crippen LogP) is 3.11. The molecule has 1 heterocycles. The lowest BCUT2D eigenvalue weighted by molar-refractivity contribution is -0.137. The van der Waals surface area contributed by atoms with Crippen LogP contribution in [0.3, 0.4) is 0 Å². The Labute approximate surface area is 142 Å². The Morgan fingerprint density at radius 2 is 1.92 bits per heavy atom. The van der Waals surface area contributed by atoms with E-state index in [1.807, 2.05) is 0 Å². The maximum Gasteiger partial charge on any atom is 0.416 e. The summed E-state index contributed by atoms with van der Waals surface area (Å²) in [6, 6.07) is 7.13. The molecule has 2 aromatic rings. The minimum absolute atomic E-state index is 0.0122. The van der Waals surface area contributed by atoms with E-state index in [4.69, 9.17) is 9.47 Å². The molecule has 9 heteroatoms. The van der Waals surface area contributed by atoms with Crippen LogP contribution in [0.15, 0.2) is 36.4 Å².